The molecule has 1 saturated heterocycles. The molecule has 6 heteroatoms. The Morgan fingerprint density at radius 1 is 1.23 bits per heavy atom. The fourth-order valence-electron chi connectivity index (χ4n) is 3.98. The molecule has 3 aromatic rings. The van der Waals surface area contributed by atoms with E-state index >= 15 is 0 Å². The Morgan fingerprint density at radius 3 is 2.83 bits per heavy atom. The van der Waals surface area contributed by atoms with Gasteiger partial charge < -0.3 is 15.0 Å². The van der Waals surface area contributed by atoms with Crippen LogP contribution in [0.4, 0.5) is 5.82 Å². The van der Waals surface area contributed by atoms with Crippen LogP contribution >= 0.6 is 0 Å². The average molecular weight is 405 g/mol. The molecule has 6 nitrogen and oxygen atoms in total. The Balaban J connectivity index is 1.36. The number of methoxy groups -OCH3 is 1. The molecule has 4 rings (SSSR count). The third-order valence-corrected chi connectivity index (χ3v) is 5.52. The molecule has 1 aliphatic heterocycles. The Hall–Kier alpha value is -3.28. The lowest BCUT2D eigenvalue weighted by molar-refractivity contribution is -0.121. The van der Waals surface area contributed by atoms with Crippen LogP contribution in [0.25, 0.3) is 11.3 Å². The van der Waals surface area contributed by atoms with E-state index in [1.165, 1.54) is 5.56 Å². The molecule has 1 aromatic heterocycles. The quantitative estimate of drug-likeness (QED) is 0.657. The standard InChI is InChI=1S/C24H28N4O2/c1-17-5-3-6-18(13-17)14-24(29)25-20-7-4-12-28(16-20)23-15-22(26-27-23)19-8-10-21(30-2)11-9-19/h3,5-6,8-11,13,15,20H,4,7,12,14,16H2,1-2H3,(H,25,29)(H,26,27)/t20-/m0/s1. The van der Waals surface area contributed by atoms with Gasteiger partial charge in [-0.2, -0.15) is 5.10 Å². The molecule has 2 N–H and O–H groups in total. The normalized spacial score (nSPS) is 16.3. The van der Waals surface area contributed by atoms with Gasteiger partial charge >= 0.3 is 0 Å². The van der Waals surface area contributed by atoms with Crippen molar-refractivity contribution in [3.63, 3.8) is 0 Å². The monoisotopic (exact) mass is 404 g/mol. The fourth-order valence-corrected chi connectivity index (χ4v) is 3.98. The second-order valence-electron chi connectivity index (χ2n) is 7.89. The number of benzene rings is 2. The molecule has 0 saturated carbocycles. The summed E-state index contributed by atoms with van der Waals surface area (Å²) in [6.07, 6.45) is 2.44. The van der Waals surface area contributed by atoms with Crippen LogP contribution in [0.1, 0.15) is 24.0 Å². The summed E-state index contributed by atoms with van der Waals surface area (Å²) in [6.45, 7) is 3.76. The fraction of sp³-hybridized carbons (Fsp3) is 0.333. The van der Waals surface area contributed by atoms with Crippen LogP contribution in [0.15, 0.2) is 54.6 Å². The summed E-state index contributed by atoms with van der Waals surface area (Å²) in [5.74, 6) is 1.82. The molecule has 0 spiro atoms. The van der Waals surface area contributed by atoms with Crippen LogP contribution in [0.3, 0.4) is 0 Å². The van der Waals surface area contributed by atoms with Gasteiger partial charge in [-0.15, -0.1) is 0 Å². The van der Waals surface area contributed by atoms with E-state index in [1.54, 1.807) is 7.11 Å². The van der Waals surface area contributed by atoms with E-state index in [1.807, 2.05) is 49.4 Å². The summed E-state index contributed by atoms with van der Waals surface area (Å²) in [5, 5.41) is 10.8. The maximum atomic E-state index is 12.5. The van der Waals surface area contributed by atoms with Crippen LogP contribution < -0.4 is 15.0 Å². The molecule has 2 heterocycles. The van der Waals surface area contributed by atoms with Crippen molar-refractivity contribution in [1.82, 2.24) is 15.5 Å². The third-order valence-electron chi connectivity index (χ3n) is 5.52. The van der Waals surface area contributed by atoms with E-state index < -0.39 is 0 Å². The Bertz CT molecular complexity index is 996. The topological polar surface area (TPSA) is 70.2 Å². The number of nitrogens with one attached hydrogen (secondary N) is 2. The molecule has 2 aromatic carbocycles. The van der Waals surface area contributed by atoms with Crippen molar-refractivity contribution in [2.75, 3.05) is 25.1 Å². The molecule has 0 aliphatic carbocycles. The highest BCUT2D eigenvalue weighted by Crippen LogP contribution is 2.25. The minimum absolute atomic E-state index is 0.0772. The lowest BCUT2D eigenvalue weighted by Crippen LogP contribution is -2.48. The largest absolute Gasteiger partial charge is 0.497 e. The highest BCUT2D eigenvalue weighted by Gasteiger charge is 2.23. The molecule has 1 fully saturated rings. The molecule has 0 bridgehead atoms. The molecule has 1 aliphatic rings. The van der Waals surface area contributed by atoms with Gasteiger partial charge in [0.25, 0.3) is 0 Å². The second kappa shape index (κ2) is 9.03. The number of carbonyl (C=O) groups excluding carboxylic acids is 1. The van der Waals surface area contributed by atoms with Crippen LogP contribution in [0.2, 0.25) is 0 Å². The maximum Gasteiger partial charge on any atom is 0.224 e. The zero-order chi connectivity index (χ0) is 20.9. The van der Waals surface area contributed by atoms with Gasteiger partial charge in [-0.25, -0.2) is 0 Å². The Morgan fingerprint density at radius 2 is 2.07 bits per heavy atom. The molecule has 1 amide bonds. The van der Waals surface area contributed by atoms with E-state index in [2.05, 4.69) is 32.5 Å². The van der Waals surface area contributed by atoms with Crippen molar-refractivity contribution in [2.45, 2.75) is 32.2 Å². The van der Waals surface area contributed by atoms with Crippen molar-refractivity contribution in [1.29, 1.82) is 0 Å². The molecule has 0 unspecified atom stereocenters. The first kappa shape index (κ1) is 20.0. The predicted octanol–water partition coefficient (Wildman–Crippen LogP) is 3.72. The average Bonchev–Trinajstić information content (AvgIpc) is 3.24. The zero-order valence-corrected chi connectivity index (χ0v) is 17.5. The van der Waals surface area contributed by atoms with Crippen molar-refractivity contribution in [2.24, 2.45) is 0 Å². The van der Waals surface area contributed by atoms with Crippen LogP contribution in [0, 0.1) is 6.92 Å². The zero-order valence-electron chi connectivity index (χ0n) is 17.5. The number of amides is 1. The summed E-state index contributed by atoms with van der Waals surface area (Å²) in [6, 6.07) is 18.2. The number of aromatic amines is 1. The van der Waals surface area contributed by atoms with E-state index in [0.717, 1.165) is 54.3 Å². The molecule has 0 radical (unpaired) electrons. The molecular weight excluding hydrogens is 376 g/mol. The van der Waals surface area contributed by atoms with E-state index in [4.69, 9.17) is 4.74 Å². The van der Waals surface area contributed by atoms with Crippen molar-refractivity contribution in [3.05, 3.63) is 65.7 Å². The first-order valence-corrected chi connectivity index (χ1v) is 10.4. The minimum Gasteiger partial charge on any atom is -0.497 e. The highest BCUT2D eigenvalue weighted by molar-refractivity contribution is 5.79. The molecule has 30 heavy (non-hydrogen) atoms. The second-order valence-corrected chi connectivity index (χ2v) is 7.89. The summed E-state index contributed by atoms with van der Waals surface area (Å²) < 4.78 is 5.22. The first-order valence-electron chi connectivity index (χ1n) is 10.4. The van der Waals surface area contributed by atoms with Gasteiger partial charge in [0.05, 0.1) is 19.2 Å². The van der Waals surface area contributed by atoms with Crippen molar-refractivity contribution < 1.29 is 9.53 Å². The summed E-state index contributed by atoms with van der Waals surface area (Å²) in [4.78, 5) is 14.8. The number of ether oxygens (including phenoxy) is 1. The van der Waals surface area contributed by atoms with Crippen LogP contribution in [-0.4, -0.2) is 42.3 Å². The number of carbonyl (C=O) groups is 1. The minimum atomic E-state index is 0.0772. The van der Waals surface area contributed by atoms with Crippen LogP contribution in [-0.2, 0) is 11.2 Å². The summed E-state index contributed by atoms with van der Waals surface area (Å²) in [7, 11) is 1.66. The number of piperidine rings is 1. The van der Waals surface area contributed by atoms with Crippen molar-refractivity contribution in [3.8, 4) is 17.0 Å². The number of rotatable bonds is 6. The summed E-state index contributed by atoms with van der Waals surface area (Å²) >= 11 is 0. The number of hydrogen-bond donors (Lipinski definition) is 2. The number of aromatic nitrogens is 2. The van der Waals surface area contributed by atoms with Gasteiger partial charge in [-0.3, -0.25) is 9.89 Å². The van der Waals surface area contributed by atoms with E-state index in [-0.39, 0.29) is 11.9 Å². The lowest BCUT2D eigenvalue weighted by Gasteiger charge is -2.33. The van der Waals surface area contributed by atoms with Gasteiger partial charge in [0.1, 0.15) is 5.75 Å². The SMILES string of the molecule is COc1ccc(-c2cc(N3CCC[C@H](NC(=O)Cc4cccc(C)c4)C3)n[nH]2)cc1. The van der Waals surface area contributed by atoms with Gasteiger partial charge in [0.15, 0.2) is 5.82 Å². The number of nitrogens with zero attached hydrogens (tertiary/aromatic N) is 2. The van der Waals surface area contributed by atoms with Crippen LogP contribution in [0.5, 0.6) is 5.75 Å². The smallest absolute Gasteiger partial charge is 0.224 e. The molecule has 1 atom stereocenters. The van der Waals surface area contributed by atoms with Gasteiger partial charge in [0.2, 0.25) is 5.91 Å². The first-order chi connectivity index (χ1) is 14.6. The highest BCUT2D eigenvalue weighted by atomic mass is 16.5. The van der Waals surface area contributed by atoms with Gasteiger partial charge in [-0.1, -0.05) is 29.8 Å². The maximum absolute atomic E-state index is 12.5. The number of anilines is 1. The van der Waals surface area contributed by atoms with Gasteiger partial charge in [-0.05, 0) is 55.2 Å². The summed E-state index contributed by atoms with van der Waals surface area (Å²) in [5.41, 5.74) is 4.26. The number of H-pyrrole nitrogens is 1. The molecular formula is C24H28N4O2. The number of hydrogen-bond acceptors (Lipinski definition) is 4. The van der Waals surface area contributed by atoms with E-state index in [9.17, 15) is 4.79 Å². The molecule has 156 valence electrons. The Kier molecular flexibility index (Phi) is 6.02. The van der Waals surface area contributed by atoms with Gasteiger partial charge in [0, 0.05) is 25.2 Å². The van der Waals surface area contributed by atoms with Crippen molar-refractivity contribution >= 4 is 11.7 Å². The Labute approximate surface area is 177 Å². The lowest BCUT2D eigenvalue weighted by atomic mass is 10.0. The third kappa shape index (κ3) is 4.82. The number of aryl methyl sites for hydroxylation is 1. The van der Waals surface area contributed by atoms with E-state index in [0.29, 0.717) is 6.42 Å². The predicted molar refractivity (Wildman–Crippen MR) is 119 cm³/mol.